The molecule has 1 N–H and O–H groups in total. The van der Waals surface area contributed by atoms with E-state index in [2.05, 4.69) is 5.32 Å². The van der Waals surface area contributed by atoms with E-state index in [1.807, 2.05) is 0 Å². The molecule has 1 aromatic rings. The van der Waals surface area contributed by atoms with Crippen molar-refractivity contribution in [1.29, 1.82) is 0 Å². The van der Waals surface area contributed by atoms with E-state index < -0.39 is 5.97 Å². The van der Waals surface area contributed by atoms with E-state index in [1.54, 1.807) is 32.0 Å². The van der Waals surface area contributed by atoms with Crippen LogP contribution in [0, 0.1) is 0 Å². The van der Waals surface area contributed by atoms with Gasteiger partial charge in [0.25, 0.3) is 0 Å². The number of rotatable bonds is 4. The van der Waals surface area contributed by atoms with Crippen molar-refractivity contribution in [2.75, 3.05) is 11.9 Å². The zero-order chi connectivity index (χ0) is 12.8. The van der Waals surface area contributed by atoms with Gasteiger partial charge in [-0.1, -0.05) is 24.6 Å². The minimum Gasteiger partial charge on any atom is -0.462 e. The minimum atomic E-state index is -0.499. The number of carbonyl (C=O) groups is 2. The second-order valence-electron chi connectivity index (χ2n) is 3.28. The van der Waals surface area contributed by atoms with Gasteiger partial charge in [-0.2, -0.15) is 0 Å². The lowest BCUT2D eigenvalue weighted by molar-refractivity contribution is -0.115. The van der Waals surface area contributed by atoms with E-state index in [9.17, 15) is 9.59 Å². The van der Waals surface area contributed by atoms with E-state index >= 15 is 0 Å². The van der Waals surface area contributed by atoms with Crippen LogP contribution in [0.1, 0.15) is 30.6 Å². The normalized spacial score (nSPS) is 9.82. The zero-order valence-corrected chi connectivity index (χ0v) is 10.5. The molecule has 0 aliphatic rings. The summed E-state index contributed by atoms with van der Waals surface area (Å²) in [4.78, 5) is 23.0. The summed E-state index contributed by atoms with van der Waals surface area (Å²) in [6, 6.07) is 4.81. The van der Waals surface area contributed by atoms with Gasteiger partial charge < -0.3 is 10.1 Å². The Hall–Kier alpha value is -1.55. The average molecular weight is 256 g/mol. The Morgan fingerprint density at radius 2 is 2.06 bits per heavy atom. The van der Waals surface area contributed by atoms with E-state index in [4.69, 9.17) is 16.3 Å². The summed E-state index contributed by atoms with van der Waals surface area (Å²) in [5.41, 5.74) is 0.570. The quantitative estimate of drug-likeness (QED) is 0.842. The number of amides is 1. The molecule has 0 bridgehead atoms. The molecule has 5 heteroatoms. The maximum Gasteiger partial charge on any atom is 0.340 e. The summed E-state index contributed by atoms with van der Waals surface area (Å²) < 4.78 is 4.89. The van der Waals surface area contributed by atoms with Gasteiger partial charge in [-0.15, -0.1) is 0 Å². The van der Waals surface area contributed by atoms with E-state index in [-0.39, 0.29) is 18.1 Å². The van der Waals surface area contributed by atoms with Crippen molar-refractivity contribution in [3.8, 4) is 0 Å². The Morgan fingerprint density at radius 1 is 1.35 bits per heavy atom. The first-order valence-corrected chi connectivity index (χ1v) is 5.73. The maximum absolute atomic E-state index is 11.7. The fraction of sp³-hybridized carbons (Fsp3) is 0.333. The molecule has 0 aliphatic heterocycles. The fourth-order valence-corrected chi connectivity index (χ4v) is 1.48. The number of hydrogen-bond acceptors (Lipinski definition) is 3. The lowest BCUT2D eigenvalue weighted by Gasteiger charge is -2.11. The number of carbonyl (C=O) groups excluding carboxylic acids is 2. The molecule has 0 saturated heterocycles. The maximum atomic E-state index is 11.7. The molecule has 1 aromatic carbocycles. The van der Waals surface area contributed by atoms with Gasteiger partial charge in [0.05, 0.1) is 22.9 Å². The van der Waals surface area contributed by atoms with Crippen LogP contribution in [0.4, 0.5) is 5.69 Å². The van der Waals surface area contributed by atoms with E-state index in [0.717, 1.165) is 0 Å². The molecule has 1 rings (SSSR count). The molecule has 92 valence electrons. The summed E-state index contributed by atoms with van der Waals surface area (Å²) in [6.07, 6.45) is 0.313. The summed E-state index contributed by atoms with van der Waals surface area (Å²) in [6.45, 7) is 3.70. The van der Waals surface area contributed by atoms with Crippen LogP contribution >= 0.6 is 11.6 Å². The predicted molar refractivity (Wildman–Crippen MR) is 66.3 cm³/mol. The van der Waals surface area contributed by atoms with Gasteiger partial charge >= 0.3 is 5.97 Å². The Balaban J connectivity index is 3.08. The standard InChI is InChI=1S/C12H14ClNO3/c1-3-10(15)14-11-8(12(16)17-4-2)6-5-7-9(11)13/h5-7H,3-4H2,1-2H3,(H,14,15). The monoisotopic (exact) mass is 255 g/mol. The van der Waals surface area contributed by atoms with Crippen LogP contribution in [0.15, 0.2) is 18.2 Å². The third kappa shape index (κ3) is 3.46. The third-order valence-electron chi connectivity index (χ3n) is 2.09. The molecule has 1 amide bonds. The number of nitrogens with one attached hydrogen (secondary N) is 1. The number of halogens is 1. The molecule has 0 heterocycles. The van der Waals surface area contributed by atoms with Crippen LogP contribution in [-0.4, -0.2) is 18.5 Å². The lowest BCUT2D eigenvalue weighted by atomic mass is 10.1. The van der Waals surface area contributed by atoms with Crippen molar-refractivity contribution in [3.05, 3.63) is 28.8 Å². The van der Waals surface area contributed by atoms with E-state index in [1.165, 1.54) is 0 Å². The third-order valence-corrected chi connectivity index (χ3v) is 2.41. The average Bonchev–Trinajstić information content (AvgIpc) is 2.31. The van der Waals surface area contributed by atoms with Crippen LogP contribution in [0.2, 0.25) is 5.02 Å². The molecule has 0 radical (unpaired) electrons. The summed E-state index contributed by atoms with van der Waals surface area (Å²) in [7, 11) is 0. The fourth-order valence-electron chi connectivity index (χ4n) is 1.26. The van der Waals surface area contributed by atoms with Crippen LogP contribution in [0.5, 0.6) is 0 Å². The van der Waals surface area contributed by atoms with Gasteiger partial charge in [-0.25, -0.2) is 4.79 Å². The molecule has 0 unspecified atom stereocenters. The molecule has 0 aliphatic carbocycles. The molecular weight excluding hydrogens is 242 g/mol. The van der Waals surface area contributed by atoms with Crippen molar-refractivity contribution in [1.82, 2.24) is 0 Å². The van der Waals surface area contributed by atoms with Crippen LogP contribution in [0.25, 0.3) is 0 Å². The van der Waals surface area contributed by atoms with Gasteiger partial charge in [-0.05, 0) is 19.1 Å². The van der Waals surface area contributed by atoms with Crippen molar-refractivity contribution in [3.63, 3.8) is 0 Å². The number of benzene rings is 1. The largest absolute Gasteiger partial charge is 0.462 e. The zero-order valence-electron chi connectivity index (χ0n) is 9.75. The highest BCUT2D eigenvalue weighted by atomic mass is 35.5. The first-order chi connectivity index (χ1) is 8.10. The molecule has 0 fully saturated rings. The highest BCUT2D eigenvalue weighted by Gasteiger charge is 2.16. The minimum absolute atomic E-state index is 0.205. The molecule has 4 nitrogen and oxygen atoms in total. The van der Waals surface area contributed by atoms with Gasteiger partial charge in [-0.3, -0.25) is 4.79 Å². The van der Waals surface area contributed by atoms with Crippen LogP contribution < -0.4 is 5.32 Å². The van der Waals surface area contributed by atoms with Crippen molar-refractivity contribution in [2.45, 2.75) is 20.3 Å². The second-order valence-corrected chi connectivity index (χ2v) is 3.69. The first-order valence-electron chi connectivity index (χ1n) is 5.35. The van der Waals surface area contributed by atoms with Crippen LogP contribution in [-0.2, 0) is 9.53 Å². The smallest absolute Gasteiger partial charge is 0.340 e. The number of anilines is 1. The molecule has 0 aromatic heterocycles. The SMILES string of the molecule is CCOC(=O)c1cccc(Cl)c1NC(=O)CC. The molecule has 0 atom stereocenters. The van der Waals surface area contributed by atoms with Gasteiger partial charge in [0.15, 0.2) is 0 Å². The molecular formula is C12H14ClNO3. The highest BCUT2D eigenvalue weighted by Crippen LogP contribution is 2.26. The topological polar surface area (TPSA) is 55.4 Å². The molecule has 0 saturated carbocycles. The Bertz CT molecular complexity index is 432. The number of esters is 1. The highest BCUT2D eigenvalue weighted by molar-refractivity contribution is 6.34. The Kier molecular flexibility index (Phi) is 4.97. The summed E-state index contributed by atoms with van der Waals surface area (Å²) >= 11 is 5.95. The summed E-state index contributed by atoms with van der Waals surface area (Å²) in [5, 5.41) is 2.91. The van der Waals surface area contributed by atoms with Gasteiger partial charge in [0.1, 0.15) is 0 Å². The molecule has 0 spiro atoms. The predicted octanol–water partition coefficient (Wildman–Crippen LogP) is 2.87. The first kappa shape index (κ1) is 13.5. The number of hydrogen-bond donors (Lipinski definition) is 1. The van der Waals surface area contributed by atoms with Crippen molar-refractivity contribution in [2.24, 2.45) is 0 Å². The Morgan fingerprint density at radius 3 is 2.65 bits per heavy atom. The Labute approximate surface area is 105 Å². The number of ether oxygens (including phenoxy) is 1. The lowest BCUT2D eigenvalue weighted by Crippen LogP contribution is -2.15. The van der Waals surface area contributed by atoms with E-state index in [0.29, 0.717) is 17.1 Å². The van der Waals surface area contributed by atoms with Crippen LogP contribution in [0.3, 0.4) is 0 Å². The summed E-state index contributed by atoms with van der Waals surface area (Å²) in [5.74, 6) is -0.704. The van der Waals surface area contributed by atoms with Crippen molar-refractivity contribution < 1.29 is 14.3 Å². The van der Waals surface area contributed by atoms with Gasteiger partial charge in [0, 0.05) is 6.42 Å². The number of para-hydroxylation sites is 1. The van der Waals surface area contributed by atoms with Gasteiger partial charge in [0.2, 0.25) is 5.91 Å². The second kappa shape index (κ2) is 6.25. The van der Waals surface area contributed by atoms with Crippen molar-refractivity contribution >= 4 is 29.2 Å². The molecule has 17 heavy (non-hydrogen) atoms.